The lowest BCUT2D eigenvalue weighted by molar-refractivity contribution is 0.0962. The number of ether oxygens (including phenoxy) is 1. The molecule has 0 saturated carbocycles. The molecule has 0 radical (unpaired) electrons. The van der Waals surface area contributed by atoms with Gasteiger partial charge in [0.2, 0.25) is 0 Å². The smallest absolute Gasteiger partial charge is 0.271 e. The summed E-state index contributed by atoms with van der Waals surface area (Å²) in [5.74, 6) is 0.510. The van der Waals surface area contributed by atoms with Gasteiger partial charge in [0.1, 0.15) is 5.75 Å². The molecule has 1 heterocycles. The number of amides is 1. The number of rotatable bonds is 5. The second-order valence-corrected chi connectivity index (χ2v) is 5.37. The average molecular weight is 321 g/mol. The van der Waals surface area contributed by atoms with Crippen molar-refractivity contribution in [3.8, 4) is 5.75 Å². The Morgan fingerprint density at radius 3 is 2.79 bits per heavy atom. The Morgan fingerprint density at radius 1 is 1.17 bits per heavy atom. The van der Waals surface area contributed by atoms with Gasteiger partial charge in [-0.05, 0) is 36.2 Å². The first-order valence-electron chi connectivity index (χ1n) is 7.79. The minimum Gasteiger partial charge on any atom is -0.497 e. The van der Waals surface area contributed by atoms with Crippen molar-refractivity contribution < 1.29 is 9.53 Å². The minimum atomic E-state index is -0.230. The number of pyridine rings is 1. The van der Waals surface area contributed by atoms with E-state index in [1.807, 2.05) is 48.5 Å². The van der Waals surface area contributed by atoms with Gasteiger partial charge in [0, 0.05) is 17.6 Å². The van der Waals surface area contributed by atoms with E-state index in [0.29, 0.717) is 5.56 Å². The summed E-state index contributed by atoms with van der Waals surface area (Å²) in [6.45, 7) is 2.07. The highest BCUT2D eigenvalue weighted by molar-refractivity contribution is 5.98. The lowest BCUT2D eigenvalue weighted by Gasteiger charge is -2.12. The van der Waals surface area contributed by atoms with Crippen molar-refractivity contribution in [3.63, 3.8) is 0 Å². The zero-order valence-electron chi connectivity index (χ0n) is 13.7. The van der Waals surface area contributed by atoms with E-state index in [2.05, 4.69) is 22.8 Å². The van der Waals surface area contributed by atoms with Crippen molar-refractivity contribution in [2.45, 2.75) is 13.3 Å². The van der Waals surface area contributed by atoms with Gasteiger partial charge in [-0.3, -0.25) is 20.6 Å². The number of para-hydroxylation sites is 1. The first-order valence-corrected chi connectivity index (χ1v) is 7.79. The number of aryl methyl sites for hydroxylation is 1. The molecule has 0 aliphatic carbocycles. The van der Waals surface area contributed by atoms with E-state index in [0.717, 1.165) is 34.3 Å². The lowest BCUT2D eigenvalue weighted by atomic mass is 10.1. The van der Waals surface area contributed by atoms with Crippen LogP contribution in [-0.4, -0.2) is 18.0 Å². The lowest BCUT2D eigenvalue weighted by Crippen LogP contribution is -2.29. The van der Waals surface area contributed by atoms with Crippen LogP contribution < -0.4 is 15.6 Å². The number of hydrogen-bond acceptors (Lipinski definition) is 4. The number of aromatic nitrogens is 1. The van der Waals surface area contributed by atoms with Gasteiger partial charge in [-0.1, -0.05) is 25.1 Å². The van der Waals surface area contributed by atoms with Crippen LogP contribution in [0.1, 0.15) is 22.8 Å². The summed E-state index contributed by atoms with van der Waals surface area (Å²) in [5, 5.41) is 0.886. The number of nitrogens with one attached hydrogen (secondary N) is 2. The minimum absolute atomic E-state index is 0.230. The van der Waals surface area contributed by atoms with Crippen LogP contribution in [0.5, 0.6) is 5.75 Å². The zero-order valence-corrected chi connectivity index (χ0v) is 13.7. The Balaban J connectivity index is 1.76. The Labute approximate surface area is 140 Å². The van der Waals surface area contributed by atoms with Crippen molar-refractivity contribution in [1.82, 2.24) is 10.4 Å². The molecule has 0 spiro atoms. The molecule has 0 fully saturated rings. The number of hydrazine groups is 1. The highest BCUT2D eigenvalue weighted by Crippen LogP contribution is 2.20. The van der Waals surface area contributed by atoms with Crippen LogP contribution >= 0.6 is 0 Å². The van der Waals surface area contributed by atoms with Crippen LogP contribution in [0.3, 0.4) is 0 Å². The summed E-state index contributed by atoms with van der Waals surface area (Å²) in [5.41, 5.74) is 9.02. The Morgan fingerprint density at radius 2 is 2.00 bits per heavy atom. The predicted molar refractivity (Wildman–Crippen MR) is 95.2 cm³/mol. The van der Waals surface area contributed by atoms with E-state index in [1.165, 1.54) is 0 Å². The molecule has 122 valence electrons. The maximum atomic E-state index is 12.3. The third-order valence-corrected chi connectivity index (χ3v) is 3.86. The molecule has 1 amide bonds. The fourth-order valence-electron chi connectivity index (χ4n) is 2.50. The van der Waals surface area contributed by atoms with Crippen LogP contribution in [-0.2, 0) is 6.42 Å². The number of nitrogens with zero attached hydrogens (tertiary/aromatic N) is 1. The molecule has 5 heteroatoms. The topological polar surface area (TPSA) is 63.2 Å². The molecule has 3 rings (SSSR count). The van der Waals surface area contributed by atoms with Gasteiger partial charge in [0.25, 0.3) is 5.91 Å². The van der Waals surface area contributed by atoms with E-state index >= 15 is 0 Å². The molecule has 0 atom stereocenters. The summed E-state index contributed by atoms with van der Waals surface area (Å²) >= 11 is 0. The Bertz CT molecular complexity index is 877. The van der Waals surface area contributed by atoms with Crippen LogP contribution in [0.2, 0.25) is 0 Å². The summed E-state index contributed by atoms with van der Waals surface area (Å²) < 4.78 is 5.18. The van der Waals surface area contributed by atoms with Crippen molar-refractivity contribution in [2.24, 2.45) is 0 Å². The fourth-order valence-corrected chi connectivity index (χ4v) is 2.50. The molecule has 0 unspecified atom stereocenters. The van der Waals surface area contributed by atoms with Gasteiger partial charge < -0.3 is 4.74 Å². The summed E-state index contributed by atoms with van der Waals surface area (Å²) in [7, 11) is 1.61. The van der Waals surface area contributed by atoms with E-state index in [9.17, 15) is 4.79 Å². The van der Waals surface area contributed by atoms with E-state index < -0.39 is 0 Å². The molecular weight excluding hydrogens is 302 g/mol. The summed E-state index contributed by atoms with van der Waals surface area (Å²) in [6.07, 6.45) is 2.45. The fraction of sp³-hybridized carbons (Fsp3) is 0.158. The number of hydrogen-bond donors (Lipinski definition) is 2. The van der Waals surface area contributed by atoms with Gasteiger partial charge in [-0.2, -0.15) is 0 Å². The van der Waals surface area contributed by atoms with Gasteiger partial charge >= 0.3 is 0 Å². The number of methoxy groups -OCH3 is 1. The maximum absolute atomic E-state index is 12.3. The number of carbonyl (C=O) groups excluding carboxylic acids is 1. The van der Waals surface area contributed by atoms with Crippen LogP contribution in [0.25, 0.3) is 10.9 Å². The number of fused-ring (bicyclic) bond motifs is 1. The molecule has 2 N–H and O–H groups in total. The van der Waals surface area contributed by atoms with Crippen LogP contribution in [0.4, 0.5) is 5.69 Å². The third-order valence-electron chi connectivity index (χ3n) is 3.86. The Hall–Kier alpha value is -3.08. The molecule has 1 aromatic heterocycles. The second-order valence-electron chi connectivity index (χ2n) is 5.37. The van der Waals surface area contributed by atoms with Crippen molar-refractivity contribution in [1.29, 1.82) is 0 Å². The maximum Gasteiger partial charge on any atom is 0.271 e. The van der Waals surface area contributed by atoms with Gasteiger partial charge in [0.15, 0.2) is 0 Å². The van der Waals surface area contributed by atoms with Gasteiger partial charge in [-0.15, -0.1) is 0 Å². The molecule has 0 saturated heterocycles. The highest BCUT2D eigenvalue weighted by atomic mass is 16.5. The predicted octanol–water partition coefficient (Wildman–Crippen LogP) is 3.56. The Kier molecular flexibility index (Phi) is 4.61. The summed E-state index contributed by atoms with van der Waals surface area (Å²) in [4.78, 5) is 16.7. The molecule has 2 aromatic carbocycles. The van der Waals surface area contributed by atoms with E-state index in [4.69, 9.17) is 4.74 Å². The van der Waals surface area contributed by atoms with Gasteiger partial charge in [-0.25, -0.2) is 0 Å². The van der Waals surface area contributed by atoms with Crippen molar-refractivity contribution in [3.05, 3.63) is 65.9 Å². The first-order chi connectivity index (χ1) is 11.7. The highest BCUT2D eigenvalue weighted by Gasteiger charge is 2.08. The number of anilines is 1. The standard InChI is InChI=1S/C19H19N3O2/c1-3-13-6-4-5-7-17(13)21-22-19(23)15-10-14-8-9-16(24-2)11-18(14)20-12-15/h4-12,21H,3H2,1-2H3,(H,22,23). The quantitative estimate of drug-likeness (QED) is 0.705. The SMILES string of the molecule is CCc1ccccc1NNC(=O)c1cnc2cc(OC)ccc2c1. The van der Waals surface area contributed by atoms with E-state index in [-0.39, 0.29) is 5.91 Å². The largest absolute Gasteiger partial charge is 0.497 e. The summed E-state index contributed by atoms with van der Waals surface area (Å²) in [6, 6.07) is 15.3. The zero-order chi connectivity index (χ0) is 16.9. The molecule has 3 aromatic rings. The molecule has 0 bridgehead atoms. The van der Waals surface area contributed by atoms with Gasteiger partial charge in [0.05, 0.1) is 23.9 Å². The van der Waals surface area contributed by atoms with E-state index in [1.54, 1.807) is 13.3 Å². The first kappa shape index (κ1) is 15.8. The number of benzene rings is 2. The van der Waals surface area contributed by atoms with Crippen LogP contribution in [0, 0.1) is 0 Å². The molecular formula is C19H19N3O2. The van der Waals surface area contributed by atoms with Crippen molar-refractivity contribution >= 4 is 22.5 Å². The molecule has 5 nitrogen and oxygen atoms in total. The molecule has 0 aliphatic rings. The molecule has 24 heavy (non-hydrogen) atoms. The normalized spacial score (nSPS) is 10.4. The van der Waals surface area contributed by atoms with Crippen molar-refractivity contribution in [2.75, 3.05) is 12.5 Å². The monoisotopic (exact) mass is 321 g/mol. The molecule has 0 aliphatic heterocycles. The average Bonchev–Trinajstić information content (AvgIpc) is 2.65. The second kappa shape index (κ2) is 7.00. The number of carbonyl (C=O) groups is 1. The third kappa shape index (κ3) is 3.30. The van der Waals surface area contributed by atoms with Crippen LogP contribution in [0.15, 0.2) is 54.7 Å².